The second kappa shape index (κ2) is 9.10. The molecule has 0 saturated carbocycles. The van der Waals surface area contributed by atoms with Gasteiger partial charge in [0.1, 0.15) is 18.1 Å². The van der Waals surface area contributed by atoms with Gasteiger partial charge in [0.25, 0.3) is 0 Å². The van der Waals surface area contributed by atoms with Crippen molar-refractivity contribution in [1.82, 2.24) is 5.43 Å². The summed E-state index contributed by atoms with van der Waals surface area (Å²) in [5, 5.41) is 0. The van der Waals surface area contributed by atoms with Gasteiger partial charge in [0, 0.05) is 17.8 Å². The third-order valence-electron chi connectivity index (χ3n) is 4.23. The molecule has 0 aliphatic carbocycles. The molecule has 3 aromatic rings. The number of rotatable bonds is 8. The fourth-order valence-corrected chi connectivity index (χ4v) is 3.00. The standard InChI is InChI=1S/C23H26N2O2/c1-17-11-18(2)13-22(12-17)27-16-20-14-19(9-10-23(20)26-3)15-24-25-21-7-5-4-6-8-21/h4-14,24-25H,15-16H2,1-3H3. The number of hydrazine groups is 1. The molecule has 140 valence electrons. The number of methoxy groups -OCH3 is 1. The highest BCUT2D eigenvalue weighted by atomic mass is 16.5. The average molecular weight is 362 g/mol. The first-order valence-corrected chi connectivity index (χ1v) is 9.05. The summed E-state index contributed by atoms with van der Waals surface area (Å²) in [5.74, 6) is 1.71. The minimum absolute atomic E-state index is 0.464. The van der Waals surface area contributed by atoms with E-state index >= 15 is 0 Å². The van der Waals surface area contributed by atoms with Crippen LogP contribution >= 0.6 is 0 Å². The van der Waals surface area contributed by atoms with Crippen LogP contribution in [0.4, 0.5) is 5.69 Å². The first-order chi connectivity index (χ1) is 13.1. The van der Waals surface area contributed by atoms with Crippen molar-refractivity contribution in [2.24, 2.45) is 0 Å². The second-order valence-electron chi connectivity index (χ2n) is 6.60. The summed E-state index contributed by atoms with van der Waals surface area (Å²) >= 11 is 0. The van der Waals surface area contributed by atoms with Crippen LogP contribution in [-0.2, 0) is 13.2 Å². The summed E-state index contributed by atoms with van der Waals surface area (Å²) in [7, 11) is 1.69. The van der Waals surface area contributed by atoms with Gasteiger partial charge in [-0.25, -0.2) is 5.43 Å². The van der Waals surface area contributed by atoms with Crippen LogP contribution in [0.1, 0.15) is 22.3 Å². The molecule has 0 radical (unpaired) electrons. The van der Waals surface area contributed by atoms with E-state index in [1.807, 2.05) is 36.4 Å². The fraction of sp³-hybridized carbons (Fsp3) is 0.217. The lowest BCUT2D eigenvalue weighted by atomic mass is 10.1. The number of anilines is 1. The quantitative estimate of drug-likeness (QED) is 0.553. The van der Waals surface area contributed by atoms with Crippen molar-refractivity contribution in [1.29, 1.82) is 0 Å². The van der Waals surface area contributed by atoms with E-state index in [1.165, 1.54) is 11.1 Å². The van der Waals surface area contributed by atoms with Gasteiger partial charge < -0.3 is 14.9 Å². The minimum atomic E-state index is 0.464. The molecular formula is C23H26N2O2. The minimum Gasteiger partial charge on any atom is -0.496 e. The van der Waals surface area contributed by atoms with E-state index in [-0.39, 0.29) is 0 Å². The Labute approximate surface area is 161 Å². The predicted octanol–water partition coefficient (Wildman–Crippen LogP) is 5.01. The normalized spacial score (nSPS) is 10.5. The van der Waals surface area contributed by atoms with Gasteiger partial charge in [-0.2, -0.15) is 0 Å². The third-order valence-corrected chi connectivity index (χ3v) is 4.23. The zero-order valence-corrected chi connectivity index (χ0v) is 16.1. The van der Waals surface area contributed by atoms with Gasteiger partial charge >= 0.3 is 0 Å². The molecule has 2 N–H and O–H groups in total. The molecule has 0 atom stereocenters. The van der Waals surface area contributed by atoms with Crippen LogP contribution in [0.15, 0.2) is 66.7 Å². The van der Waals surface area contributed by atoms with Crippen LogP contribution in [0.3, 0.4) is 0 Å². The van der Waals surface area contributed by atoms with Crippen LogP contribution < -0.4 is 20.3 Å². The maximum Gasteiger partial charge on any atom is 0.125 e. The van der Waals surface area contributed by atoms with Crippen LogP contribution in [0, 0.1) is 13.8 Å². The van der Waals surface area contributed by atoms with Crippen molar-refractivity contribution < 1.29 is 9.47 Å². The average Bonchev–Trinajstić information content (AvgIpc) is 2.66. The molecule has 0 fully saturated rings. The number of hydrogen-bond acceptors (Lipinski definition) is 4. The summed E-state index contributed by atoms with van der Waals surface area (Å²) in [6.07, 6.45) is 0. The van der Waals surface area contributed by atoms with Crippen molar-refractivity contribution in [2.75, 3.05) is 12.5 Å². The fourth-order valence-electron chi connectivity index (χ4n) is 3.00. The Hall–Kier alpha value is -2.98. The lowest BCUT2D eigenvalue weighted by molar-refractivity contribution is 0.296. The second-order valence-corrected chi connectivity index (χ2v) is 6.60. The summed E-state index contributed by atoms with van der Waals surface area (Å²) in [5.41, 5.74) is 12.0. The Morgan fingerprint density at radius 1 is 0.852 bits per heavy atom. The summed E-state index contributed by atoms with van der Waals surface area (Å²) in [6, 6.07) is 22.4. The molecule has 4 heteroatoms. The monoisotopic (exact) mass is 362 g/mol. The van der Waals surface area contributed by atoms with E-state index < -0.39 is 0 Å². The highest BCUT2D eigenvalue weighted by molar-refractivity contribution is 5.42. The Kier molecular flexibility index (Phi) is 6.34. The van der Waals surface area contributed by atoms with Crippen molar-refractivity contribution in [2.45, 2.75) is 27.0 Å². The number of ether oxygens (including phenoxy) is 2. The molecule has 0 aliphatic heterocycles. The molecule has 0 aliphatic rings. The molecule has 0 bridgehead atoms. The SMILES string of the molecule is COc1ccc(CNNc2ccccc2)cc1COc1cc(C)cc(C)c1. The zero-order valence-electron chi connectivity index (χ0n) is 16.1. The third kappa shape index (κ3) is 5.50. The molecule has 0 spiro atoms. The summed E-state index contributed by atoms with van der Waals surface area (Å²) in [6.45, 7) is 5.31. The predicted molar refractivity (Wildman–Crippen MR) is 110 cm³/mol. The van der Waals surface area contributed by atoms with Crippen LogP contribution in [0.25, 0.3) is 0 Å². The van der Waals surface area contributed by atoms with Crippen molar-refractivity contribution in [3.8, 4) is 11.5 Å². The molecule has 0 saturated heterocycles. The van der Waals surface area contributed by atoms with E-state index in [2.05, 4.69) is 55.0 Å². The maximum atomic E-state index is 6.01. The topological polar surface area (TPSA) is 42.5 Å². The maximum absolute atomic E-state index is 6.01. The first kappa shape index (κ1) is 18.8. The molecule has 3 aromatic carbocycles. The van der Waals surface area contributed by atoms with Gasteiger partial charge in [-0.15, -0.1) is 0 Å². The molecule has 0 amide bonds. The summed E-state index contributed by atoms with van der Waals surface area (Å²) < 4.78 is 11.5. The smallest absolute Gasteiger partial charge is 0.125 e. The Morgan fingerprint density at radius 2 is 1.59 bits per heavy atom. The largest absolute Gasteiger partial charge is 0.496 e. The van der Waals surface area contributed by atoms with E-state index in [9.17, 15) is 0 Å². The Morgan fingerprint density at radius 3 is 2.30 bits per heavy atom. The van der Waals surface area contributed by atoms with Crippen LogP contribution in [0.2, 0.25) is 0 Å². The first-order valence-electron chi connectivity index (χ1n) is 9.05. The highest BCUT2D eigenvalue weighted by Gasteiger charge is 2.07. The van der Waals surface area contributed by atoms with Crippen LogP contribution in [-0.4, -0.2) is 7.11 Å². The van der Waals surface area contributed by atoms with Crippen molar-refractivity contribution in [3.05, 3.63) is 89.0 Å². The molecule has 0 unspecified atom stereocenters. The molecule has 0 heterocycles. The molecule has 27 heavy (non-hydrogen) atoms. The van der Waals surface area contributed by atoms with E-state index in [0.717, 1.165) is 28.3 Å². The lowest BCUT2D eigenvalue weighted by Gasteiger charge is -2.14. The number of para-hydroxylation sites is 1. The molecular weight excluding hydrogens is 336 g/mol. The van der Waals surface area contributed by atoms with Crippen LogP contribution in [0.5, 0.6) is 11.5 Å². The van der Waals surface area contributed by atoms with Gasteiger partial charge in [-0.1, -0.05) is 30.3 Å². The lowest BCUT2D eigenvalue weighted by Crippen LogP contribution is -2.20. The van der Waals surface area contributed by atoms with E-state index in [4.69, 9.17) is 9.47 Å². The summed E-state index contributed by atoms with van der Waals surface area (Å²) in [4.78, 5) is 0. The van der Waals surface area contributed by atoms with E-state index in [0.29, 0.717) is 13.2 Å². The zero-order chi connectivity index (χ0) is 19.1. The Balaban J connectivity index is 1.64. The van der Waals surface area contributed by atoms with Crippen molar-refractivity contribution in [3.63, 3.8) is 0 Å². The number of benzene rings is 3. The van der Waals surface area contributed by atoms with Gasteiger partial charge in [0.15, 0.2) is 0 Å². The van der Waals surface area contributed by atoms with Gasteiger partial charge in [0.2, 0.25) is 0 Å². The number of nitrogens with one attached hydrogen (secondary N) is 2. The number of hydrogen-bond donors (Lipinski definition) is 2. The van der Waals surface area contributed by atoms with Gasteiger partial charge in [-0.3, -0.25) is 0 Å². The van der Waals surface area contributed by atoms with E-state index in [1.54, 1.807) is 7.11 Å². The molecule has 4 nitrogen and oxygen atoms in total. The van der Waals surface area contributed by atoms with Crippen molar-refractivity contribution >= 4 is 5.69 Å². The molecule has 0 aromatic heterocycles. The van der Waals surface area contributed by atoms with Gasteiger partial charge in [-0.05, 0) is 66.9 Å². The van der Waals surface area contributed by atoms with Gasteiger partial charge in [0.05, 0.1) is 7.11 Å². The highest BCUT2D eigenvalue weighted by Crippen LogP contribution is 2.23. The number of aryl methyl sites for hydroxylation is 2. The molecule has 3 rings (SSSR count). The Bertz CT molecular complexity index is 859.